The van der Waals surface area contributed by atoms with Crippen molar-refractivity contribution < 1.29 is 21.6 Å². The minimum absolute atomic E-state index is 0.267. The topological polar surface area (TPSA) is 101 Å². The number of nitrogens with one attached hydrogen (secondary N) is 1. The standard InChI is InChI=1S/C18H26N2O5S2/c1-26(22,23)20-13-5-4-8-17(20)18(21)19-14-9-11-16(12-10-14)27(24,25)15-6-2-3-7-15/h9-12,15,17H,2-8,13H2,1H3,(H,19,21). The first kappa shape index (κ1) is 20.3. The third-order valence-corrected chi connectivity index (χ3v) is 8.94. The summed E-state index contributed by atoms with van der Waals surface area (Å²) < 4.78 is 50.3. The van der Waals surface area contributed by atoms with Crippen LogP contribution < -0.4 is 5.32 Å². The number of carbonyl (C=O) groups is 1. The minimum Gasteiger partial charge on any atom is -0.325 e. The Morgan fingerprint density at radius 1 is 0.963 bits per heavy atom. The van der Waals surface area contributed by atoms with Crippen LogP contribution in [0.3, 0.4) is 0 Å². The van der Waals surface area contributed by atoms with E-state index in [1.807, 2.05) is 0 Å². The van der Waals surface area contributed by atoms with Gasteiger partial charge in [0.2, 0.25) is 15.9 Å². The zero-order valence-corrected chi connectivity index (χ0v) is 17.1. The Balaban J connectivity index is 1.71. The normalized spacial score (nSPS) is 22.6. The van der Waals surface area contributed by atoms with Gasteiger partial charge in [0, 0.05) is 12.2 Å². The molecule has 1 aliphatic heterocycles. The number of sulfone groups is 1. The van der Waals surface area contributed by atoms with Crippen molar-refractivity contribution in [2.24, 2.45) is 0 Å². The number of piperidine rings is 1. The summed E-state index contributed by atoms with van der Waals surface area (Å²) in [6, 6.07) is 5.42. The largest absolute Gasteiger partial charge is 0.325 e. The van der Waals surface area contributed by atoms with E-state index in [0.717, 1.165) is 31.9 Å². The average molecular weight is 415 g/mol. The molecular weight excluding hydrogens is 388 g/mol. The monoisotopic (exact) mass is 414 g/mol. The highest BCUT2D eigenvalue weighted by molar-refractivity contribution is 7.92. The number of hydrogen-bond acceptors (Lipinski definition) is 5. The van der Waals surface area contributed by atoms with Crippen LogP contribution in [-0.4, -0.2) is 51.1 Å². The van der Waals surface area contributed by atoms with Gasteiger partial charge < -0.3 is 5.32 Å². The first-order chi connectivity index (χ1) is 12.7. The number of amides is 1. The molecule has 0 radical (unpaired) electrons. The lowest BCUT2D eigenvalue weighted by Gasteiger charge is -2.32. The van der Waals surface area contributed by atoms with Crippen molar-refractivity contribution >= 4 is 31.5 Å². The minimum atomic E-state index is -3.45. The van der Waals surface area contributed by atoms with E-state index < -0.39 is 25.9 Å². The van der Waals surface area contributed by atoms with Gasteiger partial charge in [0.15, 0.2) is 9.84 Å². The molecule has 2 aliphatic rings. The molecule has 0 aromatic heterocycles. The summed E-state index contributed by atoms with van der Waals surface area (Å²) in [5.41, 5.74) is 0.462. The van der Waals surface area contributed by atoms with E-state index in [2.05, 4.69) is 5.32 Å². The number of hydrogen-bond donors (Lipinski definition) is 1. The van der Waals surface area contributed by atoms with Crippen molar-refractivity contribution in [2.75, 3.05) is 18.1 Å². The molecular formula is C18H26N2O5S2. The van der Waals surface area contributed by atoms with E-state index in [4.69, 9.17) is 0 Å². The van der Waals surface area contributed by atoms with Crippen LogP contribution in [0.2, 0.25) is 0 Å². The zero-order valence-electron chi connectivity index (χ0n) is 15.4. The summed E-state index contributed by atoms with van der Waals surface area (Å²) >= 11 is 0. The van der Waals surface area contributed by atoms with Gasteiger partial charge in [0.25, 0.3) is 0 Å². The van der Waals surface area contributed by atoms with Crippen molar-refractivity contribution in [2.45, 2.75) is 61.1 Å². The lowest BCUT2D eigenvalue weighted by molar-refractivity contribution is -0.120. The second kappa shape index (κ2) is 7.89. The number of rotatable bonds is 5. The Hall–Kier alpha value is -1.45. The molecule has 0 spiro atoms. The molecule has 2 fully saturated rings. The highest BCUT2D eigenvalue weighted by atomic mass is 32.2. The molecule has 1 N–H and O–H groups in total. The molecule has 27 heavy (non-hydrogen) atoms. The van der Waals surface area contributed by atoms with Crippen LogP contribution in [0.5, 0.6) is 0 Å². The number of carbonyl (C=O) groups excluding carboxylic acids is 1. The van der Waals surface area contributed by atoms with E-state index in [9.17, 15) is 21.6 Å². The molecule has 1 saturated heterocycles. The Bertz CT molecular complexity index is 888. The smallest absolute Gasteiger partial charge is 0.242 e. The van der Waals surface area contributed by atoms with Crippen LogP contribution in [0.25, 0.3) is 0 Å². The van der Waals surface area contributed by atoms with Gasteiger partial charge in [-0.15, -0.1) is 0 Å². The summed E-state index contributed by atoms with van der Waals surface area (Å²) in [5, 5.41) is 2.41. The molecule has 1 aromatic carbocycles. The van der Waals surface area contributed by atoms with Crippen LogP contribution in [-0.2, 0) is 24.7 Å². The summed E-state index contributed by atoms with van der Waals surface area (Å²) in [5.74, 6) is -0.383. The predicted octanol–water partition coefficient (Wildman–Crippen LogP) is 2.16. The molecule has 1 aromatic rings. The molecule has 1 amide bonds. The zero-order chi connectivity index (χ0) is 19.7. The van der Waals surface area contributed by atoms with Gasteiger partial charge >= 0.3 is 0 Å². The fourth-order valence-corrected chi connectivity index (χ4v) is 6.89. The highest BCUT2D eigenvalue weighted by Crippen LogP contribution is 2.30. The summed E-state index contributed by atoms with van der Waals surface area (Å²) in [4.78, 5) is 12.8. The van der Waals surface area contributed by atoms with Gasteiger partial charge in [-0.2, -0.15) is 4.31 Å². The second-order valence-electron chi connectivity index (χ2n) is 7.35. The molecule has 0 bridgehead atoms. The van der Waals surface area contributed by atoms with Gasteiger partial charge in [-0.3, -0.25) is 4.79 Å². The van der Waals surface area contributed by atoms with E-state index in [0.29, 0.717) is 31.5 Å². The number of nitrogens with zero attached hydrogens (tertiary/aromatic N) is 1. The molecule has 9 heteroatoms. The van der Waals surface area contributed by atoms with Crippen molar-refractivity contribution in [3.05, 3.63) is 24.3 Å². The number of benzene rings is 1. The number of anilines is 1. The molecule has 7 nitrogen and oxygen atoms in total. The molecule has 1 heterocycles. The van der Waals surface area contributed by atoms with E-state index in [-0.39, 0.29) is 16.1 Å². The van der Waals surface area contributed by atoms with Crippen molar-refractivity contribution in [1.82, 2.24) is 4.31 Å². The second-order valence-corrected chi connectivity index (χ2v) is 11.5. The van der Waals surface area contributed by atoms with E-state index >= 15 is 0 Å². The lowest BCUT2D eigenvalue weighted by atomic mass is 10.0. The molecule has 1 aliphatic carbocycles. The first-order valence-corrected chi connectivity index (χ1v) is 12.7. The van der Waals surface area contributed by atoms with E-state index in [1.165, 1.54) is 16.4 Å². The maximum atomic E-state index is 12.6. The third-order valence-electron chi connectivity index (χ3n) is 5.37. The van der Waals surface area contributed by atoms with E-state index in [1.54, 1.807) is 12.1 Å². The molecule has 1 saturated carbocycles. The Morgan fingerprint density at radius 2 is 1.56 bits per heavy atom. The van der Waals surface area contributed by atoms with Crippen LogP contribution in [0, 0.1) is 0 Å². The summed E-state index contributed by atoms with van der Waals surface area (Å²) in [7, 11) is -6.79. The third kappa shape index (κ3) is 4.52. The van der Waals surface area contributed by atoms with Crippen LogP contribution in [0.15, 0.2) is 29.2 Å². The Kier molecular flexibility index (Phi) is 5.93. The van der Waals surface area contributed by atoms with Crippen LogP contribution >= 0.6 is 0 Å². The molecule has 3 rings (SSSR count). The van der Waals surface area contributed by atoms with Crippen molar-refractivity contribution in [3.8, 4) is 0 Å². The number of sulfonamides is 1. The molecule has 1 atom stereocenters. The van der Waals surface area contributed by atoms with Gasteiger partial charge in [-0.25, -0.2) is 16.8 Å². The summed E-state index contributed by atoms with van der Waals surface area (Å²) in [6.45, 7) is 0.343. The van der Waals surface area contributed by atoms with Crippen molar-refractivity contribution in [1.29, 1.82) is 0 Å². The van der Waals surface area contributed by atoms with Gasteiger partial charge in [0.05, 0.1) is 16.4 Å². The predicted molar refractivity (Wildman–Crippen MR) is 104 cm³/mol. The SMILES string of the molecule is CS(=O)(=O)N1CCCCC1C(=O)Nc1ccc(S(=O)(=O)C2CCCC2)cc1. The van der Waals surface area contributed by atoms with Crippen LogP contribution in [0.4, 0.5) is 5.69 Å². The highest BCUT2D eigenvalue weighted by Gasteiger charge is 2.34. The van der Waals surface area contributed by atoms with Gasteiger partial charge in [-0.1, -0.05) is 19.3 Å². The maximum Gasteiger partial charge on any atom is 0.242 e. The quantitative estimate of drug-likeness (QED) is 0.796. The molecule has 1 unspecified atom stereocenters. The van der Waals surface area contributed by atoms with Crippen LogP contribution in [0.1, 0.15) is 44.9 Å². The fourth-order valence-electron chi connectivity index (χ4n) is 3.91. The molecule has 150 valence electrons. The summed E-state index contributed by atoms with van der Waals surface area (Å²) in [6.07, 6.45) is 6.40. The van der Waals surface area contributed by atoms with Crippen molar-refractivity contribution in [3.63, 3.8) is 0 Å². The Labute approximate surface area is 161 Å². The average Bonchev–Trinajstić information content (AvgIpc) is 3.17. The van der Waals surface area contributed by atoms with Gasteiger partial charge in [-0.05, 0) is 49.9 Å². The Morgan fingerprint density at radius 3 is 2.15 bits per heavy atom. The first-order valence-electron chi connectivity index (χ1n) is 9.31. The maximum absolute atomic E-state index is 12.6. The lowest BCUT2D eigenvalue weighted by Crippen LogP contribution is -2.49. The van der Waals surface area contributed by atoms with Gasteiger partial charge in [0.1, 0.15) is 6.04 Å². The fraction of sp³-hybridized carbons (Fsp3) is 0.611.